The molecule has 0 aliphatic rings. The fourth-order valence-corrected chi connectivity index (χ4v) is 2.42. The third kappa shape index (κ3) is 15.6. The summed E-state index contributed by atoms with van der Waals surface area (Å²) in [6.45, 7) is 1.83. The lowest BCUT2D eigenvalue weighted by Gasteiger charge is -2.10. The highest BCUT2D eigenvalue weighted by Gasteiger charge is 2.04. The fraction of sp³-hybridized carbons (Fsp3) is 0.941. The lowest BCUT2D eigenvalue weighted by molar-refractivity contribution is -0.140. The Morgan fingerprint density at radius 2 is 1.33 bits per heavy atom. The van der Waals surface area contributed by atoms with Crippen LogP contribution in [0.2, 0.25) is 0 Å². The Balaban J connectivity index is 3.23. The number of esters is 1. The van der Waals surface area contributed by atoms with Crippen molar-refractivity contribution < 1.29 is 19.7 Å². The molecule has 0 radical (unpaired) electrons. The first-order valence-corrected chi connectivity index (χ1v) is 8.49. The number of hydrogen-bond acceptors (Lipinski definition) is 4. The van der Waals surface area contributed by atoms with Crippen LogP contribution in [0, 0.1) is 0 Å². The summed E-state index contributed by atoms with van der Waals surface area (Å²) in [6, 6.07) is 0. The van der Waals surface area contributed by atoms with Crippen molar-refractivity contribution in [1.29, 1.82) is 0 Å². The van der Waals surface area contributed by atoms with Gasteiger partial charge in [0.1, 0.15) is 0 Å². The van der Waals surface area contributed by atoms with E-state index in [0.717, 1.165) is 70.6 Å². The van der Waals surface area contributed by atoms with Crippen LogP contribution in [0.15, 0.2) is 0 Å². The molecule has 0 rings (SSSR count). The zero-order chi connectivity index (χ0) is 15.9. The van der Waals surface area contributed by atoms with Gasteiger partial charge in [-0.1, -0.05) is 44.9 Å². The molecule has 0 aliphatic carbocycles. The van der Waals surface area contributed by atoms with Crippen molar-refractivity contribution in [2.24, 2.45) is 0 Å². The number of carbonyl (C=O) groups excluding carboxylic acids is 1. The van der Waals surface area contributed by atoms with E-state index in [1.54, 1.807) is 0 Å². The van der Waals surface area contributed by atoms with Gasteiger partial charge in [0.05, 0.1) is 19.3 Å². The van der Waals surface area contributed by atoms with Crippen LogP contribution in [0.3, 0.4) is 0 Å². The zero-order valence-electron chi connectivity index (χ0n) is 13.9. The monoisotopic (exact) mass is 302 g/mol. The molecule has 4 nitrogen and oxygen atoms in total. The molecule has 0 aromatic rings. The summed E-state index contributed by atoms with van der Waals surface area (Å²) in [7, 11) is 1.42. The van der Waals surface area contributed by atoms with E-state index in [1.165, 1.54) is 7.11 Å². The van der Waals surface area contributed by atoms with Crippen LogP contribution >= 0.6 is 0 Å². The Morgan fingerprint density at radius 1 is 0.857 bits per heavy atom. The maximum absolute atomic E-state index is 10.9. The minimum atomic E-state index is -0.185. The Morgan fingerprint density at radius 3 is 1.81 bits per heavy atom. The van der Waals surface area contributed by atoms with E-state index in [9.17, 15) is 9.90 Å². The Labute approximate surface area is 129 Å². The number of hydrogen-bond donors (Lipinski definition) is 2. The zero-order valence-corrected chi connectivity index (χ0v) is 13.9. The van der Waals surface area contributed by atoms with E-state index >= 15 is 0 Å². The van der Waals surface area contributed by atoms with Gasteiger partial charge in [-0.05, 0) is 32.6 Å². The highest BCUT2D eigenvalue weighted by molar-refractivity contribution is 5.68. The van der Waals surface area contributed by atoms with Crippen LogP contribution in [0.25, 0.3) is 0 Å². The second-order valence-corrected chi connectivity index (χ2v) is 6.02. The van der Waals surface area contributed by atoms with Crippen molar-refractivity contribution >= 4 is 5.97 Å². The predicted molar refractivity (Wildman–Crippen MR) is 85.1 cm³/mol. The molecule has 0 saturated heterocycles. The Kier molecular flexibility index (Phi) is 13.9. The van der Waals surface area contributed by atoms with Crippen molar-refractivity contribution in [2.75, 3.05) is 7.11 Å². The van der Waals surface area contributed by atoms with E-state index in [4.69, 9.17) is 5.11 Å². The van der Waals surface area contributed by atoms with Crippen LogP contribution in [-0.4, -0.2) is 35.5 Å². The molecule has 0 amide bonds. The van der Waals surface area contributed by atoms with E-state index in [1.807, 2.05) is 6.92 Å². The molecule has 0 saturated carbocycles. The first kappa shape index (κ1) is 20.4. The van der Waals surface area contributed by atoms with Crippen LogP contribution in [0.4, 0.5) is 0 Å². The standard InChI is InChI=1S/C17H34O4/c1-15(18)11-7-3-4-8-12-16(19)13-9-5-6-10-14-17(20)21-2/h15-16,18-19H,3-14H2,1-2H3. The summed E-state index contributed by atoms with van der Waals surface area (Å²) in [5.74, 6) is -0.134. The summed E-state index contributed by atoms with van der Waals surface area (Å²) in [4.78, 5) is 10.9. The molecule has 0 bridgehead atoms. The summed E-state index contributed by atoms with van der Waals surface area (Å²) >= 11 is 0. The largest absolute Gasteiger partial charge is 0.469 e. The molecule has 126 valence electrons. The van der Waals surface area contributed by atoms with Gasteiger partial charge in [-0.3, -0.25) is 4.79 Å². The second-order valence-electron chi connectivity index (χ2n) is 6.02. The molecular weight excluding hydrogens is 268 g/mol. The molecule has 0 aromatic heterocycles. The summed E-state index contributed by atoms with van der Waals surface area (Å²) in [6.07, 6.45) is 11.2. The van der Waals surface area contributed by atoms with Gasteiger partial charge in [-0.15, -0.1) is 0 Å². The summed E-state index contributed by atoms with van der Waals surface area (Å²) < 4.78 is 4.59. The molecule has 21 heavy (non-hydrogen) atoms. The van der Waals surface area contributed by atoms with Gasteiger partial charge < -0.3 is 14.9 Å². The number of rotatable bonds is 14. The third-order valence-electron chi connectivity index (χ3n) is 3.81. The van der Waals surface area contributed by atoms with Gasteiger partial charge in [0.2, 0.25) is 0 Å². The van der Waals surface area contributed by atoms with Gasteiger partial charge in [0.15, 0.2) is 0 Å². The maximum Gasteiger partial charge on any atom is 0.305 e. The van der Waals surface area contributed by atoms with E-state index in [0.29, 0.717) is 6.42 Å². The lowest BCUT2D eigenvalue weighted by atomic mass is 10.0. The third-order valence-corrected chi connectivity index (χ3v) is 3.81. The summed E-state index contributed by atoms with van der Waals surface area (Å²) in [5.41, 5.74) is 0. The highest BCUT2D eigenvalue weighted by Crippen LogP contribution is 2.13. The van der Waals surface area contributed by atoms with Crippen molar-refractivity contribution in [2.45, 2.75) is 96.2 Å². The van der Waals surface area contributed by atoms with Crippen molar-refractivity contribution in [1.82, 2.24) is 0 Å². The number of aliphatic hydroxyl groups excluding tert-OH is 2. The number of aliphatic hydroxyl groups is 2. The summed E-state index contributed by atoms with van der Waals surface area (Å²) in [5, 5.41) is 19.0. The predicted octanol–water partition coefficient (Wildman–Crippen LogP) is 3.58. The Hall–Kier alpha value is -0.610. The molecule has 0 spiro atoms. The van der Waals surface area contributed by atoms with Gasteiger partial charge >= 0.3 is 5.97 Å². The number of methoxy groups -OCH3 is 1. The number of unbranched alkanes of at least 4 members (excludes halogenated alkanes) is 6. The molecule has 2 N–H and O–H groups in total. The van der Waals surface area contributed by atoms with E-state index in [-0.39, 0.29) is 18.2 Å². The topological polar surface area (TPSA) is 66.8 Å². The van der Waals surface area contributed by atoms with Gasteiger partial charge in [-0.2, -0.15) is 0 Å². The van der Waals surface area contributed by atoms with E-state index < -0.39 is 0 Å². The van der Waals surface area contributed by atoms with Crippen LogP contribution in [0.5, 0.6) is 0 Å². The molecule has 0 aliphatic heterocycles. The Bertz CT molecular complexity index is 241. The van der Waals surface area contributed by atoms with Crippen molar-refractivity contribution in [3.05, 3.63) is 0 Å². The van der Waals surface area contributed by atoms with Gasteiger partial charge in [0, 0.05) is 6.42 Å². The van der Waals surface area contributed by atoms with Crippen LogP contribution in [0.1, 0.15) is 84.0 Å². The minimum absolute atomic E-state index is 0.134. The van der Waals surface area contributed by atoms with Gasteiger partial charge in [-0.25, -0.2) is 0 Å². The van der Waals surface area contributed by atoms with Gasteiger partial charge in [0.25, 0.3) is 0 Å². The molecule has 0 aromatic carbocycles. The van der Waals surface area contributed by atoms with Crippen LogP contribution < -0.4 is 0 Å². The van der Waals surface area contributed by atoms with Crippen molar-refractivity contribution in [3.63, 3.8) is 0 Å². The molecule has 0 heterocycles. The molecule has 2 unspecified atom stereocenters. The fourth-order valence-electron chi connectivity index (χ4n) is 2.42. The second kappa shape index (κ2) is 14.3. The molecular formula is C17H34O4. The molecule has 0 fully saturated rings. The first-order chi connectivity index (χ1) is 10.1. The SMILES string of the molecule is COC(=O)CCCCCCC(O)CCCCCCC(C)O. The van der Waals surface area contributed by atoms with Crippen molar-refractivity contribution in [3.8, 4) is 0 Å². The first-order valence-electron chi connectivity index (χ1n) is 8.49. The smallest absolute Gasteiger partial charge is 0.305 e. The highest BCUT2D eigenvalue weighted by atomic mass is 16.5. The number of ether oxygens (including phenoxy) is 1. The minimum Gasteiger partial charge on any atom is -0.469 e. The quantitative estimate of drug-likeness (QED) is 0.380. The van der Waals surface area contributed by atoms with E-state index in [2.05, 4.69) is 4.74 Å². The normalized spacial score (nSPS) is 13.9. The molecule has 4 heteroatoms. The average molecular weight is 302 g/mol. The lowest BCUT2D eigenvalue weighted by Crippen LogP contribution is -2.06. The average Bonchev–Trinajstić information content (AvgIpc) is 2.45. The maximum atomic E-state index is 10.9. The number of carbonyl (C=O) groups is 1. The molecule has 2 atom stereocenters. The van der Waals surface area contributed by atoms with Crippen LogP contribution in [-0.2, 0) is 9.53 Å².